The van der Waals surface area contributed by atoms with Crippen molar-refractivity contribution < 1.29 is 4.74 Å². The molecule has 2 aromatic rings. The van der Waals surface area contributed by atoms with E-state index in [1.807, 2.05) is 0 Å². The van der Waals surface area contributed by atoms with Crippen LogP contribution >= 0.6 is 0 Å². The molecule has 2 heteroatoms. The molecule has 4 rings (SSSR count). The van der Waals surface area contributed by atoms with E-state index in [1.54, 1.807) is 0 Å². The van der Waals surface area contributed by atoms with Crippen LogP contribution in [0.1, 0.15) is 71.9 Å². The Kier molecular flexibility index (Phi) is 4.35. The Balaban J connectivity index is 1.88. The molecule has 1 saturated heterocycles. The van der Waals surface area contributed by atoms with Crippen molar-refractivity contribution in [1.82, 2.24) is 5.32 Å². The van der Waals surface area contributed by atoms with Crippen molar-refractivity contribution in [3.8, 4) is 5.75 Å². The summed E-state index contributed by atoms with van der Waals surface area (Å²) in [5.74, 6) is 2.05. The first-order valence-corrected chi connectivity index (χ1v) is 10.0. The third kappa shape index (κ3) is 2.66. The van der Waals surface area contributed by atoms with E-state index in [1.165, 1.54) is 33.4 Å². The highest BCUT2D eigenvalue weighted by Crippen LogP contribution is 2.54. The summed E-state index contributed by atoms with van der Waals surface area (Å²) < 4.78 is 6.83. The van der Waals surface area contributed by atoms with E-state index in [-0.39, 0.29) is 5.60 Å². The van der Waals surface area contributed by atoms with Crippen LogP contribution in [0.4, 0.5) is 0 Å². The lowest BCUT2D eigenvalue weighted by atomic mass is 9.73. The van der Waals surface area contributed by atoms with E-state index in [9.17, 15) is 0 Å². The highest BCUT2D eigenvalue weighted by atomic mass is 16.5. The summed E-state index contributed by atoms with van der Waals surface area (Å²) in [6.45, 7) is 13.3. The SMILES string of the molecule is Cc1cc(C)c2c(c1C)OC1(CCNCC1)C2c1ccc(C(C)C)cc1. The van der Waals surface area contributed by atoms with Gasteiger partial charge in [-0.3, -0.25) is 0 Å². The first kappa shape index (κ1) is 17.6. The molecule has 26 heavy (non-hydrogen) atoms. The van der Waals surface area contributed by atoms with Gasteiger partial charge in [0.2, 0.25) is 0 Å². The summed E-state index contributed by atoms with van der Waals surface area (Å²) in [6.07, 6.45) is 2.13. The van der Waals surface area contributed by atoms with Gasteiger partial charge in [0, 0.05) is 18.4 Å². The molecule has 1 atom stereocenters. The van der Waals surface area contributed by atoms with Crippen LogP contribution in [0.2, 0.25) is 0 Å². The van der Waals surface area contributed by atoms with Gasteiger partial charge < -0.3 is 10.1 Å². The van der Waals surface area contributed by atoms with Crippen molar-refractivity contribution in [3.05, 3.63) is 63.7 Å². The lowest BCUT2D eigenvalue weighted by Crippen LogP contribution is -2.48. The van der Waals surface area contributed by atoms with Gasteiger partial charge in [-0.25, -0.2) is 0 Å². The summed E-state index contributed by atoms with van der Waals surface area (Å²) in [5.41, 5.74) is 8.15. The number of benzene rings is 2. The molecular formula is C24H31NO. The first-order chi connectivity index (χ1) is 12.4. The third-order valence-corrected chi connectivity index (χ3v) is 6.54. The second-order valence-corrected chi connectivity index (χ2v) is 8.55. The fourth-order valence-electron chi connectivity index (χ4n) is 4.87. The molecule has 0 amide bonds. The van der Waals surface area contributed by atoms with Crippen molar-refractivity contribution in [1.29, 1.82) is 0 Å². The van der Waals surface area contributed by atoms with E-state index in [2.05, 4.69) is 70.3 Å². The van der Waals surface area contributed by atoms with E-state index >= 15 is 0 Å². The molecule has 0 radical (unpaired) electrons. The zero-order chi connectivity index (χ0) is 18.5. The predicted molar refractivity (Wildman–Crippen MR) is 108 cm³/mol. The maximum Gasteiger partial charge on any atom is 0.127 e. The van der Waals surface area contributed by atoms with Crippen LogP contribution in [-0.4, -0.2) is 18.7 Å². The minimum atomic E-state index is -0.101. The zero-order valence-electron chi connectivity index (χ0n) is 16.8. The summed E-state index contributed by atoms with van der Waals surface area (Å²) in [5, 5.41) is 3.52. The molecule has 2 nitrogen and oxygen atoms in total. The Morgan fingerprint density at radius 2 is 1.65 bits per heavy atom. The molecule has 2 aliphatic rings. The minimum absolute atomic E-state index is 0.101. The topological polar surface area (TPSA) is 21.3 Å². The van der Waals surface area contributed by atoms with Gasteiger partial charge in [0.25, 0.3) is 0 Å². The average Bonchev–Trinajstić information content (AvgIpc) is 2.95. The molecule has 0 aromatic heterocycles. The van der Waals surface area contributed by atoms with Gasteiger partial charge >= 0.3 is 0 Å². The highest BCUT2D eigenvalue weighted by Gasteiger charge is 2.50. The molecular weight excluding hydrogens is 318 g/mol. The predicted octanol–water partition coefficient (Wildman–Crippen LogP) is 5.38. The second-order valence-electron chi connectivity index (χ2n) is 8.55. The van der Waals surface area contributed by atoms with Gasteiger partial charge in [-0.05, 0) is 67.6 Å². The van der Waals surface area contributed by atoms with Crippen LogP contribution in [0.5, 0.6) is 5.75 Å². The van der Waals surface area contributed by atoms with Crippen molar-refractivity contribution in [2.24, 2.45) is 0 Å². The Bertz CT molecular complexity index is 813. The molecule has 2 heterocycles. The molecule has 1 N–H and O–H groups in total. The van der Waals surface area contributed by atoms with Gasteiger partial charge in [-0.2, -0.15) is 0 Å². The molecule has 1 unspecified atom stereocenters. The molecule has 0 aliphatic carbocycles. The summed E-state index contributed by atoms with van der Waals surface area (Å²) >= 11 is 0. The third-order valence-electron chi connectivity index (χ3n) is 6.54. The molecule has 2 aliphatic heterocycles. The Hall–Kier alpha value is -1.80. The monoisotopic (exact) mass is 349 g/mol. The number of ether oxygens (including phenoxy) is 1. The van der Waals surface area contributed by atoms with E-state index < -0.39 is 0 Å². The molecule has 0 saturated carbocycles. The zero-order valence-corrected chi connectivity index (χ0v) is 16.8. The van der Waals surface area contributed by atoms with Gasteiger partial charge in [0.1, 0.15) is 11.4 Å². The first-order valence-electron chi connectivity index (χ1n) is 10.0. The average molecular weight is 350 g/mol. The number of rotatable bonds is 2. The number of hydrogen-bond donors (Lipinski definition) is 1. The van der Waals surface area contributed by atoms with Crippen LogP contribution in [0.3, 0.4) is 0 Å². The maximum absolute atomic E-state index is 6.83. The largest absolute Gasteiger partial charge is 0.486 e. The van der Waals surface area contributed by atoms with Gasteiger partial charge in [-0.15, -0.1) is 0 Å². The maximum atomic E-state index is 6.83. The molecule has 1 fully saturated rings. The van der Waals surface area contributed by atoms with Gasteiger partial charge in [0.15, 0.2) is 0 Å². The second kappa shape index (κ2) is 6.42. The molecule has 138 valence electrons. The highest BCUT2D eigenvalue weighted by molar-refractivity contribution is 5.59. The van der Waals surface area contributed by atoms with Crippen LogP contribution in [0.15, 0.2) is 30.3 Å². The van der Waals surface area contributed by atoms with Crippen LogP contribution in [-0.2, 0) is 0 Å². The quantitative estimate of drug-likeness (QED) is 0.786. The molecule has 1 spiro atoms. The number of fused-ring (bicyclic) bond motifs is 1. The van der Waals surface area contributed by atoms with Crippen molar-refractivity contribution in [3.63, 3.8) is 0 Å². The van der Waals surface area contributed by atoms with Gasteiger partial charge in [-0.1, -0.05) is 44.2 Å². The number of piperidine rings is 1. The summed E-state index contributed by atoms with van der Waals surface area (Å²) in [4.78, 5) is 0. The van der Waals surface area contributed by atoms with E-state index in [0.29, 0.717) is 11.8 Å². The Morgan fingerprint density at radius 3 is 2.27 bits per heavy atom. The van der Waals surface area contributed by atoms with Crippen molar-refractivity contribution in [2.75, 3.05) is 13.1 Å². The summed E-state index contributed by atoms with van der Waals surface area (Å²) in [6, 6.07) is 11.6. The van der Waals surface area contributed by atoms with Crippen LogP contribution in [0, 0.1) is 20.8 Å². The normalized spacial score (nSPS) is 21.1. The number of nitrogens with one attached hydrogen (secondary N) is 1. The fraction of sp³-hybridized carbons (Fsp3) is 0.500. The Labute approximate surface area is 158 Å². The van der Waals surface area contributed by atoms with Crippen molar-refractivity contribution >= 4 is 0 Å². The fourth-order valence-corrected chi connectivity index (χ4v) is 4.87. The lowest BCUT2D eigenvalue weighted by Gasteiger charge is -2.38. The summed E-state index contributed by atoms with van der Waals surface area (Å²) in [7, 11) is 0. The van der Waals surface area contributed by atoms with Crippen LogP contribution < -0.4 is 10.1 Å². The van der Waals surface area contributed by atoms with Gasteiger partial charge in [0.05, 0.1) is 5.92 Å². The number of aryl methyl sites for hydroxylation is 2. The molecule has 0 bridgehead atoms. The Morgan fingerprint density at radius 1 is 1.00 bits per heavy atom. The minimum Gasteiger partial charge on any atom is -0.486 e. The smallest absolute Gasteiger partial charge is 0.127 e. The number of hydrogen-bond acceptors (Lipinski definition) is 2. The molecule has 2 aromatic carbocycles. The van der Waals surface area contributed by atoms with E-state index in [4.69, 9.17) is 4.74 Å². The standard InChI is InChI=1S/C24H31NO/c1-15(2)19-6-8-20(9-7-19)22-21-17(4)14-16(3)18(5)23(21)26-24(22)10-12-25-13-11-24/h6-9,14-15,22,25H,10-13H2,1-5H3. The van der Waals surface area contributed by atoms with E-state index in [0.717, 1.165) is 31.7 Å². The van der Waals surface area contributed by atoms with Crippen molar-refractivity contribution in [2.45, 2.75) is 64.9 Å². The van der Waals surface area contributed by atoms with Crippen LogP contribution in [0.25, 0.3) is 0 Å². The lowest BCUT2D eigenvalue weighted by molar-refractivity contribution is 0.0451.